The fourth-order valence-corrected chi connectivity index (χ4v) is 2.19. The van der Waals surface area contributed by atoms with Crippen molar-refractivity contribution in [2.45, 2.75) is 19.7 Å². The molecule has 3 N–H and O–H groups in total. The van der Waals surface area contributed by atoms with E-state index in [4.69, 9.17) is 10.3 Å². The van der Waals surface area contributed by atoms with Gasteiger partial charge in [0.25, 0.3) is 5.95 Å². The van der Waals surface area contributed by atoms with E-state index in [0.29, 0.717) is 29.3 Å². The van der Waals surface area contributed by atoms with Gasteiger partial charge >= 0.3 is 6.36 Å². The number of aromatic nitrogens is 3. The lowest BCUT2D eigenvalue weighted by Crippen LogP contribution is -2.16. The predicted molar refractivity (Wildman–Crippen MR) is 91.6 cm³/mol. The number of nitrogen functional groups attached to an aromatic ring is 1. The number of nitrogens with one attached hydrogen (secondary N) is 1. The third kappa shape index (κ3) is 4.57. The molecule has 0 spiro atoms. The minimum absolute atomic E-state index is 0.273. The normalized spacial score (nSPS) is 11.9. The zero-order valence-electron chi connectivity index (χ0n) is 14.1. The average Bonchev–Trinajstić information content (AvgIpc) is 3.22. The van der Waals surface area contributed by atoms with Crippen LogP contribution < -0.4 is 16.0 Å². The smallest absolute Gasteiger partial charge is 0.455 e. The molecule has 11 heteroatoms. The maximum Gasteiger partial charge on any atom is 0.573 e. The van der Waals surface area contributed by atoms with Crippen molar-refractivity contribution < 1.29 is 22.3 Å². The first-order valence-electron chi connectivity index (χ1n) is 7.80. The molecule has 0 aliphatic heterocycles. The number of benzene rings is 1. The highest BCUT2D eigenvalue weighted by atomic mass is 19.4. The van der Waals surface area contributed by atoms with Gasteiger partial charge in [-0.05, 0) is 36.4 Å². The third-order valence-corrected chi connectivity index (χ3v) is 3.44. The highest BCUT2D eigenvalue weighted by Crippen LogP contribution is 2.27. The molecule has 1 aromatic carbocycles. The standard InChI is InChI=1S/C16H15F3N6O2/c1-2-14-22-24-15(25(14)20)23-21-9-12-7-8-13(26-12)10-3-5-11(6-4-10)27-16(17,18)19/h3-9H,2,20H2,1H3,(H,23,24)/b21-9-. The number of hydrazone groups is 1. The minimum Gasteiger partial charge on any atom is -0.455 e. The summed E-state index contributed by atoms with van der Waals surface area (Å²) in [6.07, 6.45) is -2.69. The Morgan fingerprint density at radius 2 is 1.96 bits per heavy atom. The van der Waals surface area contributed by atoms with Crippen molar-refractivity contribution in [1.29, 1.82) is 0 Å². The summed E-state index contributed by atoms with van der Waals surface area (Å²) in [4.78, 5) is 0. The first kappa shape index (κ1) is 18.3. The molecule has 3 rings (SSSR count). The van der Waals surface area contributed by atoms with Gasteiger partial charge in [-0.25, -0.2) is 10.1 Å². The largest absolute Gasteiger partial charge is 0.573 e. The third-order valence-electron chi connectivity index (χ3n) is 3.44. The van der Waals surface area contributed by atoms with E-state index in [9.17, 15) is 13.2 Å². The molecule has 0 aliphatic rings. The van der Waals surface area contributed by atoms with Crippen LogP contribution in [0.2, 0.25) is 0 Å². The molecule has 0 aliphatic carbocycles. The van der Waals surface area contributed by atoms with Crippen molar-refractivity contribution >= 4 is 12.2 Å². The summed E-state index contributed by atoms with van der Waals surface area (Å²) in [5, 5.41) is 11.7. The van der Waals surface area contributed by atoms with E-state index in [-0.39, 0.29) is 11.7 Å². The van der Waals surface area contributed by atoms with Gasteiger partial charge in [-0.3, -0.25) is 0 Å². The molecular weight excluding hydrogens is 365 g/mol. The molecule has 0 saturated heterocycles. The Morgan fingerprint density at radius 1 is 1.22 bits per heavy atom. The number of anilines is 1. The number of rotatable bonds is 6. The van der Waals surface area contributed by atoms with Crippen LogP contribution in [-0.2, 0) is 6.42 Å². The maximum absolute atomic E-state index is 12.2. The molecule has 2 heterocycles. The van der Waals surface area contributed by atoms with Gasteiger partial charge in [-0.1, -0.05) is 6.92 Å². The quantitative estimate of drug-likeness (QED) is 0.387. The Bertz CT molecular complexity index is 931. The van der Waals surface area contributed by atoms with Gasteiger partial charge in [0.05, 0.1) is 6.21 Å². The number of alkyl halides is 3. The highest BCUT2D eigenvalue weighted by Gasteiger charge is 2.31. The zero-order valence-corrected chi connectivity index (χ0v) is 14.1. The Morgan fingerprint density at radius 3 is 2.59 bits per heavy atom. The van der Waals surface area contributed by atoms with Gasteiger partial charge in [-0.15, -0.1) is 23.4 Å². The average molecular weight is 380 g/mol. The molecule has 0 radical (unpaired) electrons. The van der Waals surface area contributed by atoms with Crippen LogP contribution in [0, 0.1) is 0 Å². The summed E-state index contributed by atoms with van der Waals surface area (Å²) >= 11 is 0. The summed E-state index contributed by atoms with van der Waals surface area (Å²) in [5.41, 5.74) is 3.23. The fraction of sp³-hybridized carbons (Fsp3) is 0.188. The second-order valence-electron chi connectivity index (χ2n) is 5.31. The molecule has 0 fully saturated rings. The molecule has 3 aromatic rings. The minimum atomic E-state index is -4.73. The number of aryl methyl sites for hydroxylation is 1. The lowest BCUT2D eigenvalue weighted by Gasteiger charge is -2.08. The van der Waals surface area contributed by atoms with Gasteiger partial charge in [0.1, 0.15) is 17.3 Å². The molecule has 2 aromatic heterocycles. The number of hydrogen-bond donors (Lipinski definition) is 2. The molecule has 0 amide bonds. The summed E-state index contributed by atoms with van der Waals surface area (Å²) in [6.45, 7) is 1.90. The van der Waals surface area contributed by atoms with E-state index < -0.39 is 6.36 Å². The Balaban J connectivity index is 1.65. The Hall–Kier alpha value is -3.50. The molecule has 27 heavy (non-hydrogen) atoms. The van der Waals surface area contributed by atoms with Crippen molar-refractivity contribution in [1.82, 2.24) is 14.9 Å². The lowest BCUT2D eigenvalue weighted by atomic mass is 10.2. The molecule has 0 unspecified atom stereocenters. The molecule has 0 saturated carbocycles. The van der Waals surface area contributed by atoms with Crippen molar-refractivity contribution in [2.75, 3.05) is 11.3 Å². The predicted octanol–water partition coefficient (Wildman–Crippen LogP) is 3.16. The van der Waals surface area contributed by atoms with Crippen LogP contribution in [0.3, 0.4) is 0 Å². The number of ether oxygens (including phenoxy) is 1. The highest BCUT2D eigenvalue weighted by molar-refractivity contribution is 5.78. The van der Waals surface area contributed by atoms with Crippen LogP contribution >= 0.6 is 0 Å². The van der Waals surface area contributed by atoms with Crippen molar-refractivity contribution in [3.63, 3.8) is 0 Å². The van der Waals surface area contributed by atoms with Crippen molar-refractivity contribution in [3.05, 3.63) is 48.0 Å². The van der Waals surface area contributed by atoms with Crippen LogP contribution in [0.4, 0.5) is 19.1 Å². The molecule has 8 nitrogen and oxygen atoms in total. The fourth-order valence-electron chi connectivity index (χ4n) is 2.19. The van der Waals surface area contributed by atoms with E-state index in [0.717, 1.165) is 0 Å². The second kappa shape index (κ2) is 7.40. The summed E-state index contributed by atoms with van der Waals surface area (Å²) in [7, 11) is 0. The molecule has 0 atom stereocenters. The van der Waals surface area contributed by atoms with E-state index in [1.807, 2.05) is 6.92 Å². The van der Waals surface area contributed by atoms with E-state index in [1.54, 1.807) is 12.1 Å². The number of hydrogen-bond acceptors (Lipinski definition) is 7. The first-order valence-corrected chi connectivity index (χ1v) is 7.80. The van der Waals surface area contributed by atoms with Crippen LogP contribution in [-0.4, -0.2) is 27.5 Å². The second-order valence-corrected chi connectivity index (χ2v) is 5.31. The number of nitrogens with two attached hydrogens (primary N) is 1. The van der Waals surface area contributed by atoms with Crippen molar-refractivity contribution in [2.24, 2.45) is 5.10 Å². The van der Waals surface area contributed by atoms with E-state index >= 15 is 0 Å². The molecule has 142 valence electrons. The van der Waals surface area contributed by atoms with Crippen LogP contribution in [0.5, 0.6) is 5.75 Å². The SMILES string of the molecule is CCc1nnc(N/N=C\c2ccc(-c3ccc(OC(F)(F)F)cc3)o2)n1N. The maximum atomic E-state index is 12.2. The first-order chi connectivity index (χ1) is 12.9. The Kier molecular flexibility index (Phi) is 5.01. The van der Waals surface area contributed by atoms with Crippen LogP contribution in [0.15, 0.2) is 45.9 Å². The van der Waals surface area contributed by atoms with Crippen LogP contribution in [0.1, 0.15) is 18.5 Å². The van der Waals surface area contributed by atoms with Gasteiger partial charge < -0.3 is 15.0 Å². The molecule has 0 bridgehead atoms. The molecular formula is C16H15F3N6O2. The summed E-state index contributed by atoms with van der Waals surface area (Å²) in [6, 6.07) is 8.66. The number of furan rings is 1. The number of nitrogens with zero attached hydrogens (tertiary/aromatic N) is 4. The van der Waals surface area contributed by atoms with Gasteiger partial charge in [0, 0.05) is 12.0 Å². The van der Waals surface area contributed by atoms with Gasteiger partial charge in [0.15, 0.2) is 5.82 Å². The van der Waals surface area contributed by atoms with Crippen molar-refractivity contribution in [3.8, 4) is 17.1 Å². The van der Waals surface area contributed by atoms with E-state index in [2.05, 4.69) is 25.5 Å². The van der Waals surface area contributed by atoms with Crippen LogP contribution in [0.25, 0.3) is 11.3 Å². The monoisotopic (exact) mass is 380 g/mol. The van der Waals surface area contributed by atoms with E-state index in [1.165, 1.54) is 35.2 Å². The lowest BCUT2D eigenvalue weighted by molar-refractivity contribution is -0.274. The van der Waals surface area contributed by atoms with Gasteiger partial charge in [0.2, 0.25) is 0 Å². The number of halogens is 3. The summed E-state index contributed by atoms with van der Waals surface area (Å²) < 4.78 is 47.2. The topological polar surface area (TPSA) is 103 Å². The zero-order chi connectivity index (χ0) is 19.4. The Labute approximate surface area is 151 Å². The van der Waals surface area contributed by atoms with Gasteiger partial charge in [-0.2, -0.15) is 5.10 Å². The summed E-state index contributed by atoms with van der Waals surface area (Å²) in [5.74, 6) is 7.23.